The average Bonchev–Trinajstić information content (AvgIpc) is 2.16. The summed E-state index contributed by atoms with van der Waals surface area (Å²) in [5.74, 6) is 0.787. The lowest BCUT2D eigenvalue weighted by Crippen LogP contribution is -1.97. The summed E-state index contributed by atoms with van der Waals surface area (Å²) in [5, 5.41) is 8.28. The summed E-state index contributed by atoms with van der Waals surface area (Å²) < 4.78 is 5.07. The van der Waals surface area contributed by atoms with Gasteiger partial charge in [-0.15, -0.1) is 0 Å². The smallest absolute Gasteiger partial charge is 0.174 e. The second-order valence-electron chi connectivity index (χ2n) is 2.97. The van der Waals surface area contributed by atoms with E-state index in [1.807, 2.05) is 18.2 Å². The first-order valence-electron chi connectivity index (χ1n) is 4.30. The second kappa shape index (κ2) is 5.03. The molecule has 0 aliphatic rings. The third-order valence-electron chi connectivity index (χ3n) is 1.68. The Morgan fingerprint density at radius 2 is 2.07 bits per heavy atom. The highest BCUT2D eigenvalue weighted by atomic mass is 16.5. The summed E-state index contributed by atoms with van der Waals surface area (Å²) in [7, 11) is 0. The quantitative estimate of drug-likeness (QED) is 0.724. The zero-order valence-corrected chi connectivity index (χ0v) is 7.99. The molecule has 0 aliphatic carbocycles. The van der Waals surface area contributed by atoms with Crippen LogP contribution in [0.2, 0.25) is 0 Å². The van der Waals surface area contributed by atoms with Gasteiger partial charge in [0.25, 0.3) is 0 Å². The molecule has 14 heavy (non-hydrogen) atoms. The van der Waals surface area contributed by atoms with Gasteiger partial charge in [-0.1, -0.05) is 12.1 Å². The Labute approximate surface area is 82.9 Å². The molecule has 0 aliphatic heterocycles. The number of ketones is 1. The Hall–Kier alpha value is -1.82. The molecule has 0 saturated carbocycles. The highest BCUT2D eigenvalue weighted by molar-refractivity contribution is 5.78. The molecule has 0 spiro atoms. The maximum absolute atomic E-state index is 10.8. The van der Waals surface area contributed by atoms with Crippen LogP contribution in [0.25, 0.3) is 0 Å². The maximum atomic E-state index is 10.8. The van der Waals surface area contributed by atoms with Crippen molar-refractivity contribution in [2.24, 2.45) is 0 Å². The van der Waals surface area contributed by atoms with E-state index in [0.29, 0.717) is 12.2 Å². The van der Waals surface area contributed by atoms with Gasteiger partial charge in [0, 0.05) is 6.42 Å². The number of nitriles is 1. The number of ether oxygens (including phenoxy) is 1. The highest BCUT2D eigenvalue weighted by Crippen LogP contribution is 2.12. The topological polar surface area (TPSA) is 50.1 Å². The second-order valence-corrected chi connectivity index (χ2v) is 2.97. The zero-order chi connectivity index (χ0) is 10.4. The van der Waals surface area contributed by atoms with Crippen LogP contribution in [0.1, 0.15) is 12.5 Å². The van der Waals surface area contributed by atoms with Crippen LogP contribution in [-0.2, 0) is 11.2 Å². The number of nitrogens with zero attached hydrogens (tertiary/aromatic N) is 1. The molecule has 0 radical (unpaired) electrons. The van der Waals surface area contributed by atoms with Crippen LogP contribution < -0.4 is 4.74 Å². The molecule has 3 heteroatoms. The van der Waals surface area contributed by atoms with Crippen LogP contribution in [-0.4, -0.2) is 12.4 Å². The monoisotopic (exact) mass is 189 g/mol. The van der Waals surface area contributed by atoms with E-state index in [4.69, 9.17) is 10.00 Å². The summed E-state index contributed by atoms with van der Waals surface area (Å²) in [6, 6.07) is 9.06. The van der Waals surface area contributed by atoms with E-state index in [1.54, 1.807) is 19.1 Å². The third-order valence-corrected chi connectivity index (χ3v) is 1.68. The lowest BCUT2D eigenvalue weighted by molar-refractivity contribution is -0.116. The van der Waals surface area contributed by atoms with Gasteiger partial charge < -0.3 is 4.74 Å². The SMILES string of the molecule is CC(=O)Cc1ccc(OCC#N)cc1. The molecule has 1 aromatic carbocycles. The third kappa shape index (κ3) is 3.28. The predicted molar refractivity (Wildman–Crippen MR) is 51.9 cm³/mol. The van der Waals surface area contributed by atoms with Gasteiger partial charge in [-0.3, -0.25) is 4.79 Å². The van der Waals surface area contributed by atoms with E-state index in [0.717, 1.165) is 5.56 Å². The molecule has 0 heterocycles. The van der Waals surface area contributed by atoms with Gasteiger partial charge in [-0.25, -0.2) is 0 Å². The van der Waals surface area contributed by atoms with Gasteiger partial charge in [0.05, 0.1) is 0 Å². The Morgan fingerprint density at radius 1 is 1.43 bits per heavy atom. The Kier molecular flexibility index (Phi) is 3.69. The number of hydrogen-bond donors (Lipinski definition) is 0. The van der Waals surface area contributed by atoms with Crippen molar-refractivity contribution < 1.29 is 9.53 Å². The van der Waals surface area contributed by atoms with Crippen molar-refractivity contribution in [1.29, 1.82) is 5.26 Å². The number of carbonyl (C=O) groups is 1. The van der Waals surface area contributed by atoms with Crippen molar-refractivity contribution in [2.45, 2.75) is 13.3 Å². The van der Waals surface area contributed by atoms with Crippen LogP contribution in [0.15, 0.2) is 24.3 Å². The molecule has 0 fully saturated rings. The molecule has 3 nitrogen and oxygen atoms in total. The van der Waals surface area contributed by atoms with Crippen LogP contribution in [0.4, 0.5) is 0 Å². The maximum Gasteiger partial charge on any atom is 0.174 e. The Balaban J connectivity index is 2.60. The molecule has 0 amide bonds. The van der Waals surface area contributed by atoms with Crippen molar-refractivity contribution in [2.75, 3.05) is 6.61 Å². The number of rotatable bonds is 4. The fourth-order valence-corrected chi connectivity index (χ4v) is 1.11. The molecule has 1 rings (SSSR count). The minimum Gasteiger partial charge on any atom is -0.479 e. The van der Waals surface area contributed by atoms with Crippen molar-refractivity contribution >= 4 is 5.78 Å². The molecular weight excluding hydrogens is 178 g/mol. The summed E-state index contributed by atoms with van der Waals surface area (Å²) in [4.78, 5) is 10.8. The van der Waals surface area contributed by atoms with Crippen LogP contribution in [0, 0.1) is 11.3 Å². The number of benzene rings is 1. The molecule has 0 bridgehead atoms. The first-order chi connectivity index (χ1) is 6.72. The average molecular weight is 189 g/mol. The molecule has 1 aromatic rings. The summed E-state index contributed by atoms with van der Waals surface area (Å²) in [6.07, 6.45) is 0.443. The predicted octanol–water partition coefficient (Wildman–Crippen LogP) is 1.72. The zero-order valence-electron chi connectivity index (χ0n) is 7.99. The van der Waals surface area contributed by atoms with Gasteiger partial charge >= 0.3 is 0 Å². The van der Waals surface area contributed by atoms with E-state index in [2.05, 4.69) is 0 Å². The van der Waals surface area contributed by atoms with Gasteiger partial charge in [0.1, 0.15) is 17.6 Å². The fraction of sp³-hybridized carbons (Fsp3) is 0.273. The molecule has 0 N–H and O–H groups in total. The number of hydrogen-bond acceptors (Lipinski definition) is 3. The largest absolute Gasteiger partial charge is 0.479 e. The number of Topliss-reactive ketones (excluding diaryl/α,β-unsaturated/α-hetero) is 1. The molecule has 0 aromatic heterocycles. The summed E-state index contributed by atoms with van der Waals surface area (Å²) >= 11 is 0. The van der Waals surface area contributed by atoms with E-state index < -0.39 is 0 Å². The van der Waals surface area contributed by atoms with E-state index in [1.165, 1.54) is 0 Å². The number of carbonyl (C=O) groups excluding carboxylic acids is 1. The molecular formula is C11H11NO2. The minimum atomic E-state index is 0.0477. The molecule has 0 saturated heterocycles. The van der Waals surface area contributed by atoms with Gasteiger partial charge in [-0.05, 0) is 24.6 Å². The Morgan fingerprint density at radius 3 is 2.57 bits per heavy atom. The van der Waals surface area contributed by atoms with Crippen molar-refractivity contribution in [3.05, 3.63) is 29.8 Å². The van der Waals surface area contributed by atoms with Gasteiger partial charge in [0.2, 0.25) is 0 Å². The normalized spacial score (nSPS) is 9.14. The first-order valence-corrected chi connectivity index (χ1v) is 4.30. The molecule has 0 unspecified atom stereocenters. The summed E-state index contributed by atoms with van der Waals surface area (Å²) in [5.41, 5.74) is 0.960. The minimum absolute atomic E-state index is 0.0477. The van der Waals surface area contributed by atoms with E-state index in [9.17, 15) is 4.79 Å². The van der Waals surface area contributed by atoms with Gasteiger partial charge in [-0.2, -0.15) is 5.26 Å². The van der Waals surface area contributed by atoms with Crippen molar-refractivity contribution in [1.82, 2.24) is 0 Å². The van der Waals surface area contributed by atoms with E-state index >= 15 is 0 Å². The first kappa shape index (κ1) is 10.3. The Bertz CT molecular complexity index is 349. The fourth-order valence-electron chi connectivity index (χ4n) is 1.11. The lowest BCUT2D eigenvalue weighted by atomic mass is 10.1. The van der Waals surface area contributed by atoms with E-state index in [-0.39, 0.29) is 12.4 Å². The van der Waals surface area contributed by atoms with Crippen LogP contribution in [0.5, 0.6) is 5.75 Å². The van der Waals surface area contributed by atoms with Crippen molar-refractivity contribution in [3.63, 3.8) is 0 Å². The van der Waals surface area contributed by atoms with Crippen molar-refractivity contribution in [3.8, 4) is 11.8 Å². The van der Waals surface area contributed by atoms with Crippen LogP contribution >= 0.6 is 0 Å². The molecule has 72 valence electrons. The lowest BCUT2D eigenvalue weighted by Gasteiger charge is -2.02. The molecule has 0 atom stereocenters. The van der Waals surface area contributed by atoms with Gasteiger partial charge in [0.15, 0.2) is 6.61 Å². The summed E-state index contributed by atoms with van der Waals surface area (Å²) in [6.45, 7) is 1.60. The highest BCUT2D eigenvalue weighted by Gasteiger charge is 1.98. The standard InChI is InChI=1S/C11H11NO2/c1-9(13)8-10-2-4-11(5-3-10)14-7-6-12/h2-5H,7-8H2,1H3. The van der Waals surface area contributed by atoms with Crippen LogP contribution in [0.3, 0.4) is 0 Å².